The van der Waals surface area contributed by atoms with E-state index < -0.39 is 0 Å². The van der Waals surface area contributed by atoms with E-state index in [0.29, 0.717) is 11.4 Å². The SMILES string of the molecule is N#C[S-].[Cu+2].[O-]c1ccccc1/C=N/N(c1ccccc1)c1ccccn1. The van der Waals surface area contributed by atoms with Crippen LogP contribution in [0, 0.1) is 10.7 Å². The zero-order valence-corrected chi connectivity index (χ0v) is 15.2. The average molecular weight is 410 g/mol. The van der Waals surface area contributed by atoms with Crippen molar-refractivity contribution in [3.8, 4) is 11.2 Å². The summed E-state index contributed by atoms with van der Waals surface area (Å²) in [5.41, 5.74) is 1.42. The Labute approximate surface area is 168 Å². The second-order valence-electron chi connectivity index (χ2n) is 4.71. The van der Waals surface area contributed by atoms with Crippen LogP contribution >= 0.6 is 0 Å². The Kier molecular flexibility index (Phi) is 9.44. The standard InChI is InChI=1S/C18H15N3O.CHNS.Cu/c22-17-11-5-4-8-15(17)14-20-21(16-9-2-1-3-10-16)18-12-6-7-13-19-18;2-1-3;/h1-14,22H;3H;/q;;+2/p-2/b20-14+;;. The van der Waals surface area contributed by atoms with Crippen LogP contribution in [0.4, 0.5) is 11.5 Å². The second-order valence-corrected chi connectivity index (χ2v) is 4.89. The molecule has 0 fully saturated rings. The maximum absolute atomic E-state index is 11.8. The number of aromatic nitrogens is 1. The first-order chi connectivity index (χ1) is 12.3. The van der Waals surface area contributed by atoms with E-state index >= 15 is 0 Å². The van der Waals surface area contributed by atoms with E-state index in [2.05, 4.69) is 22.7 Å². The number of hydrogen-bond acceptors (Lipinski definition) is 6. The number of nitriles is 1. The van der Waals surface area contributed by atoms with Gasteiger partial charge in [0.25, 0.3) is 0 Å². The van der Waals surface area contributed by atoms with Crippen LogP contribution in [0.15, 0.2) is 84.1 Å². The Hall–Kier alpha value is -2.91. The van der Waals surface area contributed by atoms with Crippen molar-refractivity contribution in [1.29, 1.82) is 5.26 Å². The summed E-state index contributed by atoms with van der Waals surface area (Å²) in [6, 6.07) is 22.1. The first kappa shape index (κ1) is 21.1. The molecule has 0 bridgehead atoms. The molecule has 3 aromatic rings. The zero-order chi connectivity index (χ0) is 17.9. The van der Waals surface area contributed by atoms with E-state index in [9.17, 15) is 5.11 Å². The first-order valence-corrected chi connectivity index (χ1v) is 7.74. The van der Waals surface area contributed by atoms with Crippen LogP contribution in [-0.2, 0) is 29.7 Å². The molecule has 0 amide bonds. The van der Waals surface area contributed by atoms with Crippen molar-refractivity contribution in [3.05, 3.63) is 84.6 Å². The Morgan fingerprint density at radius 3 is 2.23 bits per heavy atom. The number of benzene rings is 2. The van der Waals surface area contributed by atoms with Gasteiger partial charge in [-0.2, -0.15) is 5.10 Å². The van der Waals surface area contributed by atoms with Gasteiger partial charge in [-0.1, -0.05) is 59.7 Å². The largest absolute Gasteiger partial charge is 2.00 e. The maximum atomic E-state index is 11.8. The number of thiocyanates is 1. The molecule has 0 aliphatic carbocycles. The van der Waals surface area contributed by atoms with Crippen molar-refractivity contribution >= 4 is 30.3 Å². The minimum Gasteiger partial charge on any atom is -0.872 e. The number of anilines is 2. The van der Waals surface area contributed by atoms with Crippen molar-refractivity contribution in [2.24, 2.45) is 5.10 Å². The number of hydrogen-bond donors (Lipinski definition) is 0. The van der Waals surface area contributed by atoms with E-state index in [1.807, 2.05) is 54.6 Å². The van der Waals surface area contributed by atoms with Gasteiger partial charge in [-0.15, -0.1) is 0 Å². The fourth-order valence-electron chi connectivity index (χ4n) is 2.01. The van der Waals surface area contributed by atoms with Gasteiger partial charge in [-0.25, -0.2) is 15.3 Å². The van der Waals surface area contributed by atoms with Crippen molar-refractivity contribution in [2.45, 2.75) is 0 Å². The Bertz CT molecular complexity index is 815. The monoisotopic (exact) mass is 409 g/mol. The molecule has 7 heteroatoms. The molecular weight excluding hydrogens is 396 g/mol. The van der Waals surface area contributed by atoms with E-state index in [1.54, 1.807) is 29.6 Å². The van der Waals surface area contributed by atoms with Gasteiger partial charge in [-0.3, -0.25) is 0 Å². The molecular formula is C19H14CuN4OS. The number of pyridine rings is 1. The molecule has 0 atom stereocenters. The second kappa shape index (κ2) is 11.6. The van der Waals surface area contributed by atoms with E-state index in [0.717, 1.165) is 5.69 Å². The summed E-state index contributed by atoms with van der Waals surface area (Å²) in [7, 11) is 0. The van der Waals surface area contributed by atoms with Crippen molar-refractivity contribution < 1.29 is 22.2 Å². The Morgan fingerprint density at radius 1 is 1.00 bits per heavy atom. The van der Waals surface area contributed by atoms with Crippen molar-refractivity contribution in [3.63, 3.8) is 0 Å². The molecule has 0 aliphatic rings. The molecule has 0 N–H and O–H groups in total. The third-order valence-electron chi connectivity index (χ3n) is 3.10. The first-order valence-electron chi connectivity index (χ1n) is 7.33. The van der Waals surface area contributed by atoms with Gasteiger partial charge >= 0.3 is 17.1 Å². The Balaban J connectivity index is 0.000000791. The fraction of sp³-hybridized carbons (Fsp3) is 0. The van der Waals surface area contributed by atoms with Gasteiger partial charge in [0.1, 0.15) is 0 Å². The fourth-order valence-corrected chi connectivity index (χ4v) is 2.01. The summed E-state index contributed by atoms with van der Waals surface area (Å²) >= 11 is 3.70. The average Bonchev–Trinajstić information content (AvgIpc) is 2.66. The topological polar surface area (TPSA) is 75.3 Å². The third kappa shape index (κ3) is 6.19. The molecule has 1 radical (unpaired) electrons. The molecule has 0 spiro atoms. The molecule has 2 aromatic carbocycles. The van der Waals surface area contributed by atoms with Crippen LogP contribution in [0.2, 0.25) is 0 Å². The van der Waals surface area contributed by atoms with Crippen molar-refractivity contribution in [2.75, 3.05) is 5.01 Å². The summed E-state index contributed by atoms with van der Waals surface area (Å²) in [5, 5.41) is 26.4. The third-order valence-corrected chi connectivity index (χ3v) is 3.10. The van der Waals surface area contributed by atoms with Crippen LogP contribution in [0.1, 0.15) is 5.56 Å². The van der Waals surface area contributed by atoms with Gasteiger partial charge in [0, 0.05) is 6.20 Å². The predicted molar refractivity (Wildman–Crippen MR) is 99.3 cm³/mol. The van der Waals surface area contributed by atoms with Gasteiger partial charge in [0.05, 0.1) is 11.9 Å². The Morgan fingerprint density at radius 2 is 1.62 bits per heavy atom. The van der Waals surface area contributed by atoms with Crippen LogP contribution in [0.25, 0.3) is 0 Å². The molecule has 0 saturated heterocycles. The van der Waals surface area contributed by atoms with Gasteiger partial charge < -0.3 is 17.7 Å². The smallest absolute Gasteiger partial charge is 0.872 e. The quantitative estimate of drug-likeness (QED) is 0.217. The van der Waals surface area contributed by atoms with E-state index in [-0.39, 0.29) is 22.8 Å². The number of para-hydroxylation sites is 2. The minimum atomic E-state index is -0.0553. The summed E-state index contributed by atoms with van der Waals surface area (Å²) in [4.78, 5) is 4.32. The summed E-state index contributed by atoms with van der Waals surface area (Å²) in [6.45, 7) is 0. The molecule has 3 rings (SSSR count). The summed E-state index contributed by atoms with van der Waals surface area (Å²) < 4.78 is 0. The normalized spacial score (nSPS) is 9.35. The van der Waals surface area contributed by atoms with Gasteiger partial charge in [0.15, 0.2) is 5.82 Å². The summed E-state index contributed by atoms with van der Waals surface area (Å²) in [5.74, 6) is 0.633. The zero-order valence-electron chi connectivity index (χ0n) is 13.5. The van der Waals surface area contributed by atoms with Crippen LogP contribution in [0.5, 0.6) is 5.75 Å². The molecule has 1 aromatic heterocycles. The maximum Gasteiger partial charge on any atom is 2.00 e. The molecule has 5 nitrogen and oxygen atoms in total. The van der Waals surface area contributed by atoms with Crippen molar-refractivity contribution in [1.82, 2.24) is 4.98 Å². The van der Waals surface area contributed by atoms with Crippen LogP contribution in [0.3, 0.4) is 0 Å². The number of hydrazone groups is 1. The number of rotatable bonds is 4. The summed E-state index contributed by atoms with van der Waals surface area (Å²) in [6.07, 6.45) is 3.27. The molecule has 133 valence electrons. The van der Waals surface area contributed by atoms with Crippen LogP contribution < -0.4 is 10.1 Å². The minimum absolute atomic E-state index is 0. The molecule has 0 aliphatic heterocycles. The number of nitrogens with zero attached hydrogens (tertiary/aromatic N) is 4. The molecule has 0 saturated carbocycles. The molecule has 1 heterocycles. The molecule has 0 unspecified atom stereocenters. The van der Waals surface area contributed by atoms with Crippen LogP contribution in [-0.4, -0.2) is 11.2 Å². The molecule has 26 heavy (non-hydrogen) atoms. The van der Waals surface area contributed by atoms with E-state index in [4.69, 9.17) is 5.26 Å². The predicted octanol–water partition coefficient (Wildman–Crippen LogP) is 3.34. The van der Waals surface area contributed by atoms with E-state index in [1.165, 1.54) is 11.5 Å². The van der Waals surface area contributed by atoms with Gasteiger partial charge in [0.2, 0.25) is 0 Å². The van der Waals surface area contributed by atoms with Gasteiger partial charge in [-0.05, 0) is 29.8 Å².